The molecule has 0 N–H and O–H groups in total. The van der Waals surface area contributed by atoms with Crippen molar-refractivity contribution in [2.75, 3.05) is 0 Å². The lowest BCUT2D eigenvalue weighted by Crippen LogP contribution is -2.15. The summed E-state index contributed by atoms with van der Waals surface area (Å²) in [5.74, 6) is -3.84. The summed E-state index contributed by atoms with van der Waals surface area (Å²) in [5, 5.41) is 0. The minimum atomic E-state index is -4.65. The minimum Gasteiger partial charge on any atom is -0.294 e. The Morgan fingerprint density at radius 3 is 2.20 bits per heavy atom. The van der Waals surface area contributed by atoms with E-state index in [1.165, 1.54) is 0 Å². The van der Waals surface area contributed by atoms with E-state index in [0.29, 0.717) is 12.1 Å². The second-order valence-electron chi connectivity index (χ2n) is 2.84. The van der Waals surface area contributed by atoms with Gasteiger partial charge in [0.25, 0.3) is 0 Å². The van der Waals surface area contributed by atoms with E-state index >= 15 is 0 Å². The van der Waals surface area contributed by atoms with Crippen molar-refractivity contribution in [2.45, 2.75) is 12.6 Å². The van der Waals surface area contributed by atoms with Gasteiger partial charge in [0.15, 0.2) is 17.4 Å². The van der Waals surface area contributed by atoms with E-state index in [9.17, 15) is 26.7 Å². The van der Waals surface area contributed by atoms with Crippen molar-refractivity contribution in [3.63, 3.8) is 0 Å². The van der Waals surface area contributed by atoms with Gasteiger partial charge < -0.3 is 0 Å². The molecule has 0 fully saturated rings. The summed E-state index contributed by atoms with van der Waals surface area (Å²) in [6.45, 7) is 0. The average molecular weight is 224 g/mol. The molecule has 15 heavy (non-hydrogen) atoms. The summed E-state index contributed by atoms with van der Waals surface area (Å²) in [5.41, 5.74) is -0.494. The molecule has 0 saturated heterocycles. The monoisotopic (exact) mass is 224 g/mol. The summed E-state index contributed by atoms with van der Waals surface area (Å²) in [6, 6.07) is 1.87. The molecule has 1 rings (SSSR count). The van der Waals surface area contributed by atoms with Crippen molar-refractivity contribution in [1.82, 2.24) is 0 Å². The third kappa shape index (κ3) is 3.30. The number of Topliss-reactive ketones (excluding diaryl/α,β-unsaturated/α-hetero) is 1. The number of hydrogen-bond acceptors (Lipinski definition) is 1. The Hall–Kier alpha value is -1.46. The molecule has 0 amide bonds. The Balaban J connectivity index is 2.88. The number of rotatable bonds is 2. The molecular weight excluding hydrogens is 219 g/mol. The number of alkyl halides is 3. The third-order valence-electron chi connectivity index (χ3n) is 1.60. The van der Waals surface area contributed by atoms with Gasteiger partial charge in [-0.3, -0.25) is 4.79 Å². The third-order valence-corrected chi connectivity index (χ3v) is 1.60. The number of benzene rings is 1. The SMILES string of the molecule is O=C(CC(F)(F)F)c1ccc(F)c(F)c1. The highest BCUT2D eigenvalue weighted by atomic mass is 19.4. The van der Waals surface area contributed by atoms with Gasteiger partial charge in [-0.05, 0) is 18.2 Å². The van der Waals surface area contributed by atoms with Gasteiger partial charge in [-0.15, -0.1) is 0 Å². The van der Waals surface area contributed by atoms with E-state index < -0.39 is 35.6 Å². The van der Waals surface area contributed by atoms with Crippen molar-refractivity contribution >= 4 is 5.78 Å². The van der Waals surface area contributed by atoms with Gasteiger partial charge in [-0.1, -0.05) is 0 Å². The lowest BCUT2D eigenvalue weighted by Gasteiger charge is -2.05. The van der Waals surface area contributed by atoms with Crippen LogP contribution in [-0.2, 0) is 0 Å². The number of ketones is 1. The molecule has 1 aromatic carbocycles. The van der Waals surface area contributed by atoms with Gasteiger partial charge in [-0.25, -0.2) is 8.78 Å². The van der Waals surface area contributed by atoms with Crippen LogP contribution in [0.15, 0.2) is 18.2 Å². The first kappa shape index (κ1) is 11.6. The lowest BCUT2D eigenvalue weighted by molar-refractivity contribution is -0.125. The van der Waals surface area contributed by atoms with Crippen molar-refractivity contribution in [1.29, 1.82) is 0 Å². The highest BCUT2D eigenvalue weighted by Crippen LogP contribution is 2.22. The molecule has 0 aromatic heterocycles. The van der Waals surface area contributed by atoms with Crippen LogP contribution in [-0.4, -0.2) is 12.0 Å². The molecule has 0 bridgehead atoms. The van der Waals surface area contributed by atoms with Gasteiger partial charge in [0.05, 0.1) is 0 Å². The maximum Gasteiger partial charge on any atom is 0.396 e. The van der Waals surface area contributed by atoms with Crippen LogP contribution in [0.4, 0.5) is 22.0 Å². The zero-order chi connectivity index (χ0) is 11.6. The molecule has 1 nitrogen and oxygen atoms in total. The van der Waals surface area contributed by atoms with Crippen molar-refractivity contribution in [3.8, 4) is 0 Å². The Bertz CT molecular complexity index is 383. The first-order chi connectivity index (χ1) is 6.79. The van der Waals surface area contributed by atoms with Gasteiger partial charge in [-0.2, -0.15) is 13.2 Å². The average Bonchev–Trinajstić information content (AvgIpc) is 2.06. The minimum absolute atomic E-state index is 0.448. The Kier molecular flexibility index (Phi) is 3.06. The molecule has 0 spiro atoms. The van der Waals surface area contributed by atoms with E-state index in [2.05, 4.69) is 0 Å². The highest BCUT2D eigenvalue weighted by Gasteiger charge is 2.31. The van der Waals surface area contributed by atoms with Crippen molar-refractivity contribution < 1.29 is 26.7 Å². The fourth-order valence-electron chi connectivity index (χ4n) is 0.954. The molecule has 0 aliphatic heterocycles. The summed E-state index contributed by atoms with van der Waals surface area (Å²) in [4.78, 5) is 10.9. The number of carbonyl (C=O) groups excluding carboxylic acids is 1. The van der Waals surface area contributed by atoms with Gasteiger partial charge in [0, 0.05) is 5.56 Å². The molecule has 1 aromatic rings. The molecule has 0 aliphatic carbocycles. The molecule has 0 radical (unpaired) electrons. The maximum absolute atomic E-state index is 12.6. The second-order valence-corrected chi connectivity index (χ2v) is 2.84. The second kappa shape index (κ2) is 3.96. The molecule has 6 heteroatoms. The molecule has 0 unspecified atom stereocenters. The summed E-state index contributed by atoms with van der Waals surface area (Å²) < 4.78 is 60.3. The van der Waals surface area contributed by atoms with Crippen LogP contribution in [0.25, 0.3) is 0 Å². The number of hydrogen-bond donors (Lipinski definition) is 0. The first-order valence-corrected chi connectivity index (χ1v) is 3.84. The topological polar surface area (TPSA) is 17.1 Å². The summed E-state index contributed by atoms with van der Waals surface area (Å²) in [7, 11) is 0. The normalized spacial score (nSPS) is 11.5. The van der Waals surface area contributed by atoms with E-state index in [1.807, 2.05) is 0 Å². The summed E-state index contributed by atoms with van der Waals surface area (Å²) in [6.07, 6.45) is -6.33. The molecule has 0 saturated carbocycles. The first-order valence-electron chi connectivity index (χ1n) is 3.84. The van der Waals surface area contributed by atoms with Gasteiger partial charge in [0.2, 0.25) is 0 Å². The van der Waals surface area contributed by atoms with Gasteiger partial charge >= 0.3 is 6.18 Å². The summed E-state index contributed by atoms with van der Waals surface area (Å²) >= 11 is 0. The smallest absolute Gasteiger partial charge is 0.294 e. The van der Waals surface area contributed by atoms with E-state index in [4.69, 9.17) is 0 Å². The van der Waals surface area contributed by atoms with E-state index in [-0.39, 0.29) is 0 Å². The number of carbonyl (C=O) groups is 1. The van der Waals surface area contributed by atoms with Crippen molar-refractivity contribution in [3.05, 3.63) is 35.4 Å². The Morgan fingerprint density at radius 1 is 1.13 bits per heavy atom. The predicted octanol–water partition coefficient (Wildman–Crippen LogP) is 3.10. The molecule has 0 heterocycles. The van der Waals surface area contributed by atoms with Crippen LogP contribution in [0.3, 0.4) is 0 Å². The van der Waals surface area contributed by atoms with Crippen LogP contribution in [0.5, 0.6) is 0 Å². The fourth-order valence-corrected chi connectivity index (χ4v) is 0.954. The number of halogens is 5. The van der Waals surface area contributed by atoms with Crippen LogP contribution in [0, 0.1) is 11.6 Å². The van der Waals surface area contributed by atoms with Crippen LogP contribution >= 0.6 is 0 Å². The highest BCUT2D eigenvalue weighted by molar-refractivity contribution is 5.96. The Morgan fingerprint density at radius 2 is 1.73 bits per heavy atom. The van der Waals surface area contributed by atoms with Crippen molar-refractivity contribution in [2.24, 2.45) is 0 Å². The zero-order valence-electron chi connectivity index (χ0n) is 7.24. The largest absolute Gasteiger partial charge is 0.396 e. The maximum atomic E-state index is 12.6. The van der Waals surface area contributed by atoms with Crippen LogP contribution in [0.1, 0.15) is 16.8 Å². The van der Waals surface area contributed by atoms with E-state index in [1.54, 1.807) is 0 Å². The van der Waals surface area contributed by atoms with Gasteiger partial charge in [0.1, 0.15) is 6.42 Å². The van der Waals surface area contributed by atoms with Crippen LogP contribution in [0.2, 0.25) is 0 Å². The lowest BCUT2D eigenvalue weighted by atomic mass is 10.1. The Labute approximate surface area is 81.5 Å². The van der Waals surface area contributed by atoms with Crippen LogP contribution < -0.4 is 0 Å². The quantitative estimate of drug-likeness (QED) is 0.557. The molecule has 82 valence electrons. The standard InChI is InChI=1S/C9H5F5O/c10-6-2-1-5(3-7(6)11)8(15)4-9(12,13)14/h1-3H,4H2. The molecule has 0 atom stereocenters. The zero-order valence-corrected chi connectivity index (χ0v) is 7.24. The fraction of sp³-hybridized carbons (Fsp3) is 0.222. The predicted molar refractivity (Wildman–Crippen MR) is 41.4 cm³/mol. The van der Waals surface area contributed by atoms with E-state index in [0.717, 1.165) is 6.07 Å². The molecular formula is C9H5F5O. The molecule has 0 aliphatic rings.